The quantitative estimate of drug-likeness (QED) is 0.662. The highest BCUT2D eigenvalue weighted by atomic mass is 79.9. The SMILES string of the molecule is CCSC1CCCC1n1c(C(C)Cl)nc2cc(Br)cnc21. The minimum absolute atomic E-state index is 0.106. The van der Waals surface area contributed by atoms with Crippen LogP contribution in [0.25, 0.3) is 11.2 Å². The van der Waals surface area contributed by atoms with Crippen molar-refractivity contribution in [3.05, 3.63) is 22.6 Å². The van der Waals surface area contributed by atoms with Gasteiger partial charge >= 0.3 is 0 Å². The van der Waals surface area contributed by atoms with E-state index in [0.717, 1.165) is 27.2 Å². The van der Waals surface area contributed by atoms with E-state index in [1.54, 1.807) is 0 Å². The van der Waals surface area contributed by atoms with Crippen LogP contribution in [-0.4, -0.2) is 25.5 Å². The molecule has 3 atom stereocenters. The van der Waals surface area contributed by atoms with Gasteiger partial charge in [0.25, 0.3) is 0 Å². The van der Waals surface area contributed by atoms with Crippen molar-refractivity contribution in [2.75, 3.05) is 5.75 Å². The van der Waals surface area contributed by atoms with E-state index in [4.69, 9.17) is 16.6 Å². The zero-order chi connectivity index (χ0) is 15.0. The first-order chi connectivity index (χ1) is 10.1. The fraction of sp³-hybridized carbons (Fsp3) is 0.600. The molecule has 0 saturated heterocycles. The monoisotopic (exact) mass is 387 g/mol. The molecule has 0 N–H and O–H groups in total. The van der Waals surface area contributed by atoms with E-state index in [9.17, 15) is 0 Å². The summed E-state index contributed by atoms with van der Waals surface area (Å²) in [6, 6.07) is 2.49. The van der Waals surface area contributed by atoms with Gasteiger partial charge in [-0.25, -0.2) is 9.97 Å². The lowest BCUT2D eigenvalue weighted by molar-refractivity contribution is 0.516. The lowest BCUT2D eigenvalue weighted by Crippen LogP contribution is -2.19. The van der Waals surface area contributed by atoms with Crippen molar-refractivity contribution in [1.82, 2.24) is 14.5 Å². The second-order valence-electron chi connectivity index (χ2n) is 5.44. The topological polar surface area (TPSA) is 30.7 Å². The van der Waals surface area contributed by atoms with Gasteiger partial charge in [-0.2, -0.15) is 11.8 Å². The number of fused-ring (bicyclic) bond motifs is 1. The zero-order valence-electron chi connectivity index (χ0n) is 12.2. The molecule has 1 fully saturated rings. The molecule has 1 aliphatic rings. The van der Waals surface area contributed by atoms with E-state index in [2.05, 4.69) is 32.4 Å². The number of imidazole rings is 1. The molecule has 3 nitrogen and oxygen atoms in total. The Bertz CT molecular complexity index is 643. The van der Waals surface area contributed by atoms with Gasteiger partial charge in [0, 0.05) is 22.0 Å². The molecule has 0 radical (unpaired) electrons. The number of halogens is 2. The first-order valence-corrected chi connectivity index (χ1v) is 9.68. The van der Waals surface area contributed by atoms with E-state index in [-0.39, 0.29) is 5.38 Å². The fourth-order valence-corrected chi connectivity index (χ4v) is 4.91. The third-order valence-corrected chi connectivity index (χ3v) is 5.95. The van der Waals surface area contributed by atoms with E-state index in [1.165, 1.54) is 19.3 Å². The molecule has 3 rings (SSSR count). The van der Waals surface area contributed by atoms with Gasteiger partial charge in [-0.05, 0) is 47.5 Å². The van der Waals surface area contributed by atoms with E-state index >= 15 is 0 Å². The molecule has 0 bridgehead atoms. The largest absolute Gasteiger partial charge is 0.307 e. The molecule has 3 unspecified atom stereocenters. The number of rotatable bonds is 4. The summed E-state index contributed by atoms with van der Waals surface area (Å²) in [6.07, 6.45) is 5.59. The van der Waals surface area contributed by atoms with E-state index in [1.807, 2.05) is 30.9 Å². The van der Waals surface area contributed by atoms with Crippen molar-refractivity contribution in [3.8, 4) is 0 Å². The van der Waals surface area contributed by atoms with Gasteiger partial charge in [0.2, 0.25) is 0 Å². The maximum Gasteiger partial charge on any atom is 0.160 e. The third kappa shape index (κ3) is 2.97. The standard InChI is InChI=1S/C15H19BrClN3S/c1-3-21-13-6-4-5-12(13)20-14(9(2)17)19-11-7-10(16)8-18-15(11)20/h7-9,12-13H,3-6H2,1-2H3. The fourth-order valence-electron chi connectivity index (χ4n) is 3.19. The lowest BCUT2D eigenvalue weighted by atomic mass is 10.2. The summed E-state index contributed by atoms with van der Waals surface area (Å²) in [5.74, 6) is 2.10. The molecule has 21 heavy (non-hydrogen) atoms. The highest BCUT2D eigenvalue weighted by Crippen LogP contribution is 2.41. The number of pyridine rings is 1. The number of aromatic nitrogens is 3. The summed E-state index contributed by atoms with van der Waals surface area (Å²) in [5.41, 5.74) is 1.90. The predicted molar refractivity (Wildman–Crippen MR) is 94.3 cm³/mol. The maximum absolute atomic E-state index is 6.39. The Labute approximate surface area is 143 Å². The van der Waals surface area contributed by atoms with Crippen LogP contribution < -0.4 is 0 Å². The normalized spacial score (nSPS) is 23.8. The van der Waals surface area contributed by atoms with Gasteiger partial charge in [-0.3, -0.25) is 0 Å². The molecule has 2 aromatic rings. The van der Waals surface area contributed by atoms with Crippen LogP contribution in [0, 0.1) is 0 Å². The van der Waals surface area contributed by atoms with Crippen molar-refractivity contribution in [1.29, 1.82) is 0 Å². The summed E-state index contributed by atoms with van der Waals surface area (Å²) in [4.78, 5) is 9.35. The van der Waals surface area contributed by atoms with Crippen LogP contribution in [0.5, 0.6) is 0 Å². The van der Waals surface area contributed by atoms with Crippen molar-refractivity contribution < 1.29 is 0 Å². The molecule has 1 aliphatic carbocycles. The van der Waals surface area contributed by atoms with Gasteiger partial charge in [-0.15, -0.1) is 11.6 Å². The summed E-state index contributed by atoms with van der Waals surface area (Å²) in [6.45, 7) is 4.22. The summed E-state index contributed by atoms with van der Waals surface area (Å²) < 4.78 is 3.26. The Morgan fingerprint density at radius 3 is 3.05 bits per heavy atom. The highest BCUT2D eigenvalue weighted by Gasteiger charge is 2.32. The van der Waals surface area contributed by atoms with Crippen LogP contribution in [0.3, 0.4) is 0 Å². The van der Waals surface area contributed by atoms with Crippen LogP contribution >= 0.6 is 39.3 Å². The third-order valence-electron chi connectivity index (χ3n) is 4.01. The minimum atomic E-state index is -0.106. The van der Waals surface area contributed by atoms with Crippen LogP contribution in [0.2, 0.25) is 0 Å². The van der Waals surface area contributed by atoms with E-state index in [0.29, 0.717) is 11.3 Å². The van der Waals surface area contributed by atoms with Crippen molar-refractivity contribution in [3.63, 3.8) is 0 Å². The Balaban J connectivity index is 2.13. The number of hydrogen-bond donors (Lipinski definition) is 0. The second-order valence-corrected chi connectivity index (χ2v) is 8.53. The molecule has 0 aliphatic heterocycles. The average molecular weight is 389 g/mol. The van der Waals surface area contributed by atoms with Gasteiger partial charge in [0.15, 0.2) is 5.65 Å². The van der Waals surface area contributed by atoms with Gasteiger partial charge in [-0.1, -0.05) is 13.3 Å². The van der Waals surface area contributed by atoms with Gasteiger partial charge < -0.3 is 4.57 Å². The molecule has 1 saturated carbocycles. The van der Waals surface area contributed by atoms with Crippen molar-refractivity contribution in [2.24, 2.45) is 0 Å². The molecule has 6 heteroatoms. The maximum atomic E-state index is 6.39. The molecule has 0 spiro atoms. The second kappa shape index (κ2) is 6.47. The molecule has 0 aromatic carbocycles. The average Bonchev–Trinajstić information content (AvgIpc) is 3.02. The molecule has 0 amide bonds. The van der Waals surface area contributed by atoms with Gasteiger partial charge in [0.05, 0.1) is 5.38 Å². The summed E-state index contributed by atoms with van der Waals surface area (Å²) in [5, 5.41) is 0.540. The first-order valence-electron chi connectivity index (χ1n) is 7.40. The van der Waals surface area contributed by atoms with Crippen molar-refractivity contribution in [2.45, 2.75) is 49.8 Å². The predicted octanol–water partition coefficient (Wildman–Crippen LogP) is 5.34. The molecule has 114 valence electrons. The van der Waals surface area contributed by atoms with E-state index < -0.39 is 0 Å². The molecular formula is C15H19BrClN3S. The number of thioether (sulfide) groups is 1. The van der Waals surface area contributed by atoms with Crippen LogP contribution in [0.1, 0.15) is 50.4 Å². The summed E-state index contributed by atoms with van der Waals surface area (Å²) in [7, 11) is 0. The highest BCUT2D eigenvalue weighted by molar-refractivity contribution is 9.10. The van der Waals surface area contributed by atoms with Crippen LogP contribution in [-0.2, 0) is 0 Å². The van der Waals surface area contributed by atoms with Crippen molar-refractivity contribution >= 4 is 50.5 Å². The molecule has 2 heterocycles. The lowest BCUT2D eigenvalue weighted by Gasteiger charge is -2.23. The number of hydrogen-bond acceptors (Lipinski definition) is 3. The zero-order valence-corrected chi connectivity index (χ0v) is 15.4. The Morgan fingerprint density at radius 2 is 2.33 bits per heavy atom. The number of nitrogens with zero attached hydrogens (tertiary/aromatic N) is 3. The first kappa shape index (κ1) is 15.6. The van der Waals surface area contributed by atoms with Crippen LogP contribution in [0.4, 0.5) is 0 Å². The Hall–Kier alpha value is -0.260. The van der Waals surface area contributed by atoms with Crippen LogP contribution in [0.15, 0.2) is 16.7 Å². The number of alkyl halides is 1. The molecular weight excluding hydrogens is 370 g/mol. The smallest absolute Gasteiger partial charge is 0.160 e. The Kier molecular flexibility index (Phi) is 4.81. The summed E-state index contributed by atoms with van der Waals surface area (Å²) >= 11 is 11.9. The minimum Gasteiger partial charge on any atom is -0.307 e. The Morgan fingerprint density at radius 1 is 1.52 bits per heavy atom. The van der Waals surface area contributed by atoms with Gasteiger partial charge in [0.1, 0.15) is 11.3 Å². The molecule has 2 aromatic heterocycles.